The lowest BCUT2D eigenvalue weighted by Gasteiger charge is -2.05. The van der Waals surface area contributed by atoms with E-state index >= 15 is 0 Å². The van der Waals surface area contributed by atoms with E-state index in [1.807, 2.05) is 6.20 Å². The first kappa shape index (κ1) is 13.8. The average molecular weight is 314 g/mol. The van der Waals surface area contributed by atoms with Crippen molar-refractivity contribution in [3.63, 3.8) is 0 Å². The molecule has 3 aromatic rings. The maximum absolute atomic E-state index is 4.52. The van der Waals surface area contributed by atoms with Crippen LogP contribution in [0, 0.1) is 0 Å². The van der Waals surface area contributed by atoms with Crippen molar-refractivity contribution in [2.24, 2.45) is 0 Å². The number of halogens is 1. The van der Waals surface area contributed by atoms with Gasteiger partial charge in [-0.2, -0.15) is 0 Å². The molecule has 0 atom stereocenters. The highest BCUT2D eigenvalue weighted by Gasteiger charge is 2.02. The Bertz CT molecular complexity index is 644. The van der Waals surface area contributed by atoms with E-state index in [4.69, 9.17) is 0 Å². The first-order chi connectivity index (χ1) is 8.93. The summed E-state index contributed by atoms with van der Waals surface area (Å²) in [6.07, 6.45) is 3.94. The molecule has 0 N–H and O–H groups in total. The molecule has 0 radical (unpaired) electrons. The van der Waals surface area contributed by atoms with Crippen LogP contribution in [0.2, 0.25) is 0 Å². The van der Waals surface area contributed by atoms with Crippen LogP contribution < -0.4 is 0 Å². The molecular formula is C17H16BrN. The van der Waals surface area contributed by atoms with E-state index in [0.717, 1.165) is 12.8 Å². The molecule has 0 amide bonds. The van der Waals surface area contributed by atoms with Crippen molar-refractivity contribution in [1.29, 1.82) is 0 Å². The third kappa shape index (κ3) is 3.21. The molecule has 0 unspecified atom stereocenters. The SMILES string of the molecule is Br.c1ccc(CCc2nccc3ccccc23)cc1. The number of nitrogens with zero attached hydrogens (tertiary/aromatic N) is 1. The fourth-order valence-corrected chi connectivity index (χ4v) is 2.29. The van der Waals surface area contributed by atoms with Gasteiger partial charge in [-0.15, -0.1) is 17.0 Å². The monoisotopic (exact) mass is 313 g/mol. The van der Waals surface area contributed by atoms with Crippen LogP contribution in [-0.4, -0.2) is 4.98 Å². The fraction of sp³-hybridized carbons (Fsp3) is 0.118. The smallest absolute Gasteiger partial charge is 0.0485 e. The van der Waals surface area contributed by atoms with Gasteiger partial charge in [0.15, 0.2) is 0 Å². The summed E-state index contributed by atoms with van der Waals surface area (Å²) in [5.74, 6) is 0. The van der Waals surface area contributed by atoms with E-state index in [9.17, 15) is 0 Å². The van der Waals surface area contributed by atoms with Crippen molar-refractivity contribution < 1.29 is 0 Å². The van der Waals surface area contributed by atoms with E-state index in [1.165, 1.54) is 22.0 Å². The molecule has 0 spiro atoms. The van der Waals surface area contributed by atoms with Gasteiger partial charge in [0.05, 0.1) is 0 Å². The van der Waals surface area contributed by atoms with Gasteiger partial charge in [-0.05, 0) is 29.9 Å². The van der Waals surface area contributed by atoms with Gasteiger partial charge in [0.25, 0.3) is 0 Å². The van der Waals surface area contributed by atoms with Crippen molar-refractivity contribution in [2.75, 3.05) is 0 Å². The van der Waals surface area contributed by atoms with Crippen LogP contribution >= 0.6 is 17.0 Å². The lowest BCUT2D eigenvalue weighted by Crippen LogP contribution is -1.95. The number of aromatic nitrogens is 1. The number of pyridine rings is 1. The van der Waals surface area contributed by atoms with E-state index < -0.39 is 0 Å². The Labute approximate surface area is 124 Å². The predicted molar refractivity (Wildman–Crippen MR) is 85.9 cm³/mol. The first-order valence-electron chi connectivity index (χ1n) is 6.30. The molecule has 2 aromatic carbocycles. The minimum atomic E-state index is 0. The van der Waals surface area contributed by atoms with Crippen molar-refractivity contribution in [1.82, 2.24) is 4.98 Å². The van der Waals surface area contributed by atoms with Gasteiger partial charge in [0, 0.05) is 17.3 Å². The number of rotatable bonds is 3. The second kappa shape index (κ2) is 6.48. The van der Waals surface area contributed by atoms with Gasteiger partial charge in [-0.3, -0.25) is 4.98 Å². The summed E-state index contributed by atoms with van der Waals surface area (Å²) in [6.45, 7) is 0. The van der Waals surface area contributed by atoms with Crippen LogP contribution in [0.25, 0.3) is 10.8 Å². The van der Waals surface area contributed by atoms with Crippen molar-refractivity contribution >= 4 is 27.8 Å². The molecule has 0 saturated carbocycles. The zero-order chi connectivity index (χ0) is 12.2. The topological polar surface area (TPSA) is 12.9 Å². The number of aryl methyl sites for hydroxylation is 2. The van der Waals surface area contributed by atoms with Crippen LogP contribution in [0.5, 0.6) is 0 Å². The lowest BCUT2D eigenvalue weighted by molar-refractivity contribution is 0.926. The van der Waals surface area contributed by atoms with Gasteiger partial charge in [-0.1, -0.05) is 54.6 Å². The minimum absolute atomic E-state index is 0. The number of benzene rings is 2. The second-order valence-corrected chi connectivity index (χ2v) is 4.46. The Morgan fingerprint density at radius 2 is 1.47 bits per heavy atom. The predicted octanol–water partition coefficient (Wildman–Crippen LogP) is 4.60. The molecule has 3 rings (SSSR count). The van der Waals surface area contributed by atoms with Crippen LogP contribution in [0.4, 0.5) is 0 Å². The molecule has 0 bridgehead atoms. The van der Waals surface area contributed by atoms with Gasteiger partial charge in [-0.25, -0.2) is 0 Å². The summed E-state index contributed by atoms with van der Waals surface area (Å²) in [6, 6.07) is 21.1. The second-order valence-electron chi connectivity index (χ2n) is 4.46. The molecule has 1 nitrogen and oxygen atoms in total. The van der Waals surface area contributed by atoms with E-state index in [0.29, 0.717) is 0 Å². The molecule has 1 heterocycles. The highest BCUT2D eigenvalue weighted by molar-refractivity contribution is 8.93. The summed E-state index contributed by atoms with van der Waals surface area (Å²) >= 11 is 0. The van der Waals surface area contributed by atoms with Crippen molar-refractivity contribution in [3.05, 3.63) is 78.1 Å². The summed E-state index contributed by atoms with van der Waals surface area (Å²) < 4.78 is 0. The van der Waals surface area contributed by atoms with Crippen molar-refractivity contribution in [2.45, 2.75) is 12.8 Å². The molecular weight excluding hydrogens is 298 g/mol. The van der Waals surface area contributed by atoms with Crippen molar-refractivity contribution in [3.8, 4) is 0 Å². The number of hydrogen-bond acceptors (Lipinski definition) is 1. The Morgan fingerprint density at radius 3 is 2.32 bits per heavy atom. The molecule has 19 heavy (non-hydrogen) atoms. The van der Waals surface area contributed by atoms with Gasteiger partial charge >= 0.3 is 0 Å². The normalized spacial score (nSPS) is 10.1. The quantitative estimate of drug-likeness (QED) is 0.688. The Morgan fingerprint density at radius 1 is 0.737 bits per heavy atom. The van der Waals surface area contributed by atoms with Crippen LogP contribution in [0.1, 0.15) is 11.3 Å². The van der Waals surface area contributed by atoms with Gasteiger partial charge in [0.2, 0.25) is 0 Å². The van der Waals surface area contributed by atoms with E-state index in [-0.39, 0.29) is 17.0 Å². The third-order valence-electron chi connectivity index (χ3n) is 3.25. The Balaban J connectivity index is 0.00000133. The van der Waals surface area contributed by atoms with Gasteiger partial charge < -0.3 is 0 Å². The molecule has 0 aliphatic heterocycles. The number of hydrogen-bond donors (Lipinski definition) is 0. The largest absolute Gasteiger partial charge is 0.261 e. The van der Waals surface area contributed by atoms with Crippen LogP contribution in [0.15, 0.2) is 66.9 Å². The third-order valence-corrected chi connectivity index (χ3v) is 3.25. The fourth-order valence-electron chi connectivity index (χ4n) is 2.29. The zero-order valence-corrected chi connectivity index (χ0v) is 12.3. The zero-order valence-electron chi connectivity index (χ0n) is 10.6. The summed E-state index contributed by atoms with van der Waals surface area (Å²) in [5, 5.41) is 2.55. The Hall–Kier alpha value is -1.67. The summed E-state index contributed by atoms with van der Waals surface area (Å²) in [5.41, 5.74) is 2.56. The molecule has 0 fully saturated rings. The molecule has 0 aliphatic carbocycles. The minimum Gasteiger partial charge on any atom is -0.261 e. The van der Waals surface area contributed by atoms with Crippen LogP contribution in [0.3, 0.4) is 0 Å². The Kier molecular flexibility index (Phi) is 4.69. The van der Waals surface area contributed by atoms with E-state index in [1.54, 1.807) is 0 Å². The number of fused-ring (bicyclic) bond motifs is 1. The maximum Gasteiger partial charge on any atom is 0.0485 e. The molecule has 1 aromatic heterocycles. The summed E-state index contributed by atoms with van der Waals surface area (Å²) in [7, 11) is 0. The van der Waals surface area contributed by atoms with Gasteiger partial charge in [0.1, 0.15) is 0 Å². The highest BCUT2D eigenvalue weighted by Crippen LogP contribution is 2.17. The lowest BCUT2D eigenvalue weighted by atomic mass is 10.0. The molecule has 96 valence electrons. The highest BCUT2D eigenvalue weighted by atomic mass is 79.9. The maximum atomic E-state index is 4.52. The van der Waals surface area contributed by atoms with E-state index in [2.05, 4.69) is 65.6 Å². The molecule has 2 heteroatoms. The molecule has 0 aliphatic rings. The van der Waals surface area contributed by atoms with Crippen LogP contribution in [-0.2, 0) is 12.8 Å². The first-order valence-corrected chi connectivity index (χ1v) is 6.30. The standard InChI is InChI=1S/C17H15N.BrH/c1-2-6-14(7-3-1)10-11-17-16-9-5-4-8-15(16)12-13-18-17;/h1-9,12-13H,10-11H2;1H. The molecule has 0 saturated heterocycles. The average Bonchev–Trinajstić information content (AvgIpc) is 2.46. The summed E-state index contributed by atoms with van der Waals surface area (Å²) in [4.78, 5) is 4.52.